The number of pyridine rings is 1. The van der Waals surface area contributed by atoms with Gasteiger partial charge in [0.1, 0.15) is 40.1 Å². The van der Waals surface area contributed by atoms with Gasteiger partial charge in [0.15, 0.2) is 0 Å². The van der Waals surface area contributed by atoms with Crippen LogP contribution in [-0.2, 0) is 15.1 Å². The molecule has 0 radical (unpaired) electrons. The van der Waals surface area contributed by atoms with Gasteiger partial charge in [-0.1, -0.05) is 54.6 Å². The van der Waals surface area contributed by atoms with Crippen LogP contribution < -0.4 is 9.47 Å². The average Bonchev–Trinajstić information content (AvgIpc) is 3.87. The van der Waals surface area contributed by atoms with Gasteiger partial charge in [0.2, 0.25) is 0 Å². The van der Waals surface area contributed by atoms with E-state index in [2.05, 4.69) is 22.1 Å². The Kier molecular flexibility index (Phi) is 8.08. The lowest BCUT2D eigenvalue weighted by Gasteiger charge is -2.37. The van der Waals surface area contributed by atoms with Crippen molar-refractivity contribution in [2.24, 2.45) is 0 Å². The molecule has 228 valence electrons. The standard InChI is InChI=1S/C36H33N3O5S/c1-41-27-12-8-25(9-13-27)36(24-6-4-3-5-7-24,26-10-14-28(42-2)15-11-26)43-23-32-31(40)22-33(44-32)39-20-17-29-30(16-18-37-34(29)39)35-38-19-21-45-35/h3-21,31-33,40H,22-23H2,1-2H3/t31-,32+,33+/m0/s1. The maximum absolute atomic E-state index is 11.3. The SMILES string of the molecule is COc1ccc(C(OC[C@H]2O[C@@H](n3ccc4c(-c5nccs5)ccnc43)C[C@@H]2O)(c2ccccc2)c2ccc(OC)cc2)cc1. The fourth-order valence-electron chi connectivity index (χ4n) is 6.15. The van der Waals surface area contributed by atoms with Crippen LogP contribution in [0.2, 0.25) is 0 Å². The van der Waals surface area contributed by atoms with E-state index in [4.69, 9.17) is 18.9 Å². The summed E-state index contributed by atoms with van der Waals surface area (Å²) < 4.78 is 26.5. The molecule has 7 rings (SSSR count). The topological polar surface area (TPSA) is 87.9 Å². The number of methoxy groups -OCH3 is 2. The first-order valence-corrected chi connectivity index (χ1v) is 15.7. The minimum atomic E-state index is -1.01. The Morgan fingerprint density at radius 1 is 0.844 bits per heavy atom. The highest BCUT2D eigenvalue weighted by Crippen LogP contribution is 2.43. The van der Waals surface area contributed by atoms with Gasteiger partial charge in [-0.15, -0.1) is 11.3 Å². The number of aromatic nitrogens is 3. The Morgan fingerprint density at radius 3 is 2.13 bits per heavy atom. The van der Waals surface area contributed by atoms with Gasteiger partial charge in [-0.3, -0.25) is 0 Å². The number of hydrogen-bond donors (Lipinski definition) is 1. The van der Waals surface area contributed by atoms with Crippen molar-refractivity contribution in [2.75, 3.05) is 20.8 Å². The summed E-state index contributed by atoms with van der Waals surface area (Å²) >= 11 is 1.59. The molecule has 8 nitrogen and oxygen atoms in total. The van der Waals surface area contributed by atoms with Crippen molar-refractivity contribution >= 4 is 22.4 Å². The van der Waals surface area contributed by atoms with Crippen LogP contribution in [0.1, 0.15) is 29.3 Å². The maximum Gasteiger partial charge on any atom is 0.143 e. The van der Waals surface area contributed by atoms with E-state index < -0.39 is 24.0 Å². The Bertz CT molecular complexity index is 1810. The quantitative estimate of drug-likeness (QED) is 0.168. The lowest BCUT2D eigenvalue weighted by molar-refractivity contribution is -0.0930. The summed E-state index contributed by atoms with van der Waals surface area (Å²) in [5.41, 5.74) is 3.58. The van der Waals surface area contributed by atoms with Crippen molar-refractivity contribution in [3.05, 3.63) is 132 Å². The summed E-state index contributed by atoms with van der Waals surface area (Å²) in [6, 6.07) is 29.9. The lowest BCUT2D eigenvalue weighted by atomic mass is 9.80. The molecular weight excluding hydrogens is 586 g/mol. The third-order valence-electron chi connectivity index (χ3n) is 8.43. The predicted octanol–water partition coefficient (Wildman–Crippen LogP) is 6.83. The molecule has 1 fully saturated rings. The Morgan fingerprint density at radius 2 is 1.51 bits per heavy atom. The van der Waals surface area contributed by atoms with Gasteiger partial charge < -0.3 is 28.6 Å². The van der Waals surface area contributed by atoms with E-state index >= 15 is 0 Å². The number of aliphatic hydroxyl groups is 1. The summed E-state index contributed by atoms with van der Waals surface area (Å²) in [5, 5.41) is 15.2. The van der Waals surface area contributed by atoms with Crippen LogP contribution in [0.3, 0.4) is 0 Å². The molecule has 1 N–H and O–H groups in total. The average molecular weight is 620 g/mol. The molecule has 4 heterocycles. The van der Waals surface area contributed by atoms with Gasteiger partial charge in [-0.05, 0) is 53.1 Å². The normalized spacial score (nSPS) is 18.3. The first-order chi connectivity index (χ1) is 22.1. The molecule has 3 aromatic carbocycles. The number of rotatable bonds is 10. The van der Waals surface area contributed by atoms with Gasteiger partial charge in [-0.25, -0.2) is 9.97 Å². The number of thiazole rings is 1. The molecule has 3 aromatic heterocycles. The van der Waals surface area contributed by atoms with E-state index in [0.29, 0.717) is 6.42 Å². The summed E-state index contributed by atoms with van der Waals surface area (Å²) in [5.74, 6) is 1.50. The summed E-state index contributed by atoms with van der Waals surface area (Å²) in [4.78, 5) is 9.15. The van der Waals surface area contributed by atoms with E-state index in [9.17, 15) is 5.11 Å². The van der Waals surface area contributed by atoms with Gasteiger partial charge in [-0.2, -0.15) is 0 Å². The third-order valence-corrected chi connectivity index (χ3v) is 9.24. The second-order valence-corrected chi connectivity index (χ2v) is 11.8. The van der Waals surface area contributed by atoms with Crippen LogP contribution in [0.15, 0.2) is 115 Å². The van der Waals surface area contributed by atoms with E-state index in [1.54, 1.807) is 38.0 Å². The van der Waals surface area contributed by atoms with E-state index in [1.807, 2.05) is 95.0 Å². The van der Waals surface area contributed by atoms with Crippen molar-refractivity contribution in [1.82, 2.24) is 14.5 Å². The molecule has 0 unspecified atom stereocenters. The van der Waals surface area contributed by atoms with Gasteiger partial charge in [0, 0.05) is 41.3 Å². The maximum atomic E-state index is 11.3. The molecule has 3 atom stereocenters. The number of ether oxygens (including phenoxy) is 4. The second-order valence-electron chi connectivity index (χ2n) is 10.9. The van der Waals surface area contributed by atoms with Crippen LogP contribution in [0.5, 0.6) is 11.5 Å². The van der Waals surface area contributed by atoms with Crippen molar-refractivity contribution in [3.63, 3.8) is 0 Å². The molecule has 1 saturated heterocycles. The minimum absolute atomic E-state index is 0.140. The van der Waals surface area contributed by atoms with Crippen LogP contribution in [0, 0.1) is 0 Å². The molecule has 0 saturated carbocycles. The fourth-order valence-corrected chi connectivity index (χ4v) is 6.83. The number of fused-ring (bicyclic) bond motifs is 1. The summed E-state index contributed by atoms with van der Waals surface area (Å²) in [6.07, 6.45) is 4.25. The van der Waals surface area contributed by atoms with Crippen LogP contribution >= 0.6 is 11.3 Å². The van der Waals surface area contributed by atoms with Crippen molar-refractivity contribution in [1.29, 1.82) is 0 Å². The van der Waals surface area contributed by atoms with Crippen molar-refractivity contribution in [3.8, 4) is 22.1 Å². The molecule has 1 aliphatic rings. The van der Waals surface area contributed by atoms with Gasteiger partial charge >= 0.3 is 0 Å². The van der Waals surface area contributed by atoms with Gasteiger partial charge in [0.05, 0.1) is 26.9 Å². The highest BCUT2D eigenvalue weighted by Gasteiger charge is 2.42. The first-order valence-electron chi connectivity index (χ1n) is 14.8. The molecule has 6 aromatic rings. The van der Waals surface area contributed by atoms with Crippen LogP contribution in [0.4, 0.5) is 0 Å². The first kappa shape index (κ1) is 29.2. The lowest BCUT2D eigenvalue weighted by Crippen LogP contribution is -2.38. The molecule has 45 heavy (non-hydrogen) atoms. The molecular formula is C36H33N3O5S. The van der Waals surface area contributed by atoms with Crippen LogP contribution in [-0.4, -0.2) is 52.7 Å². The Labute approximate surface area is 265 Å². The van der Waals surface area contributed by atoms with Crippen LogP contribution in [0.25, 0.3) is 21.6 Å². The number of benzene rings is 3. The Hall–Kier alpha value is -4.54. The zero-order valence-electron chi connectivity index (χ0n) is 24.9. The zero-order valence-corrected chi connectivity index (χ0v) is 25.8. The number of hydrogen-bond acceptors (Lipinski definition) is 8. The smallest absolute Gasteiger partial charge is 0.143 e. The molecule has 0 spiro atoms. The molecule has 0 bridgehead atoms. The molecule has 9 heteroatoms. The third kappa shape index (κ3) is 5.38. The predicted molar refractivity (Wildman–Crippen MR) is 174 cm³/mol. The monoisotopic (exact) mass is 619 g/mol. The van der Waals surface area contributed by atoms with E-state index in [-0.39, 0.29) is 6.61 Å². The largest absolute Gasteiger partial charge is 0.497 e. The second kappa shape index (κ2) is 12.5. The molecule has 1 aliphatic heterocycles. The Balaban J connectivity index is 1.23. The number of nitrogens with zero attached hydrogens (tertiary/aromatic N) is 3. The highest BCUT2D eigenvalue weighted by atomic mass is 32.1. The highest BCUT2D eigenvalue weighted by molar-refractivity contribution is 7.13. The van der Waals surface area contributed by atoms with Crippen molar-refractivity contribution in [2.45, 2.75) is 30.5 Å². The zero-order chi connectivity index (χ0) is 30.8. The molecule has 0 aliphatic carbocycles. The minimum Gasteiger partial charge on any atom is -0.497 e. The number of aliphatic hydroxyl groups excluding tert-OH is 1. The van der Waals surface area contributed by atoms with Gasteiger partial charge in [0.25, 0.3) is 0 Å². The molecule has 0 amide bonds. The summed E-state index contributed by atoms with van der Waals surface area (Å²) in [7, 11) is 3.30. The summed E-state index contributed by atoms with van der Waals surface area (Å²) in [6.45, 7) is 0.140. The fraction of sp³-hybridized carbons (Fsp3) is 0.222. The van der Waals surface area contributed by atoms with E-state index in [0.717, 1.165) is 49.8 Å². The van der Waals surface area contributed by atoms with Crippen molar-refractivity contribution < 1.29 is 24.1 Å². The van der Waals surface area contributed by atoms with E-state index in [1.165, 1.54) is 0 Å².